The third-order valence-electron chi connectivity index (χ3n) is 3.46. The van der Waals surface area contributed by atoms with Gasteiger partial charge < -0.3 is 20.7 Å². The Morgan fingerprint density at radius 1 is 1.17 bits per heavy atom. The van der Waals surface area contributed by atoms with Gasteiger partial charge in [0.2, 0.25) is 23.6 Å². The van der Waals surface area contributed by atoms with Crippen molar-refractivity contribution in [1.29, 1.82) is 0 Å². The standard InChI is InChI=1S/C14H24N4O5/c1-15-10-9-13(21)18(14(10)22)7-3-11(19)16-5-6-17-12(20)4-8-23-2/h10,15H,3-9H2,1-2H3,(H,16,19)(H,17,20). The Labute approximate surface area is 135 Å². The largest absolute Gasteiger partial charge is 0.384 e. The van der Waals surface area contributed by atoms with Gasteiger partial charge in [0.05, 0.1) is 19.1 Å². The Bertz CT molecular complexity index is 454. The van der Waals surface area contributed by atoms with Crippen molar-refractivity contribution in [2.75, 3.05) is 40.4 Å². The average molecular weight is 328 g/mol. The van der Waals surface area contributed by atoms with Crippen LogP contribution in [0.1, 0.15) is 19.3 Å². The summed E-state index contributed by atoms with van der Waals surface area (Å²) in [4.78, 5) is 47.6. The fourth-order valence-electron chi connectivity index (χ4n) is 2.13. The number of nitrogens with zero attached hydrogens (tertiary/aromatic N) is 1. The van der Waals surface area contributed by atoms with Crippen molar-refractivity contribution >= 4 is 23.6 Å². The highest BCUT2D eigenvalue weighted by atomic mass is 16.5. The molecule has 0 bridgehead atoms. The molecule has 3 N–H and O–H groups in total. The quantitative estimate of drug-likeness (QED) is 0.315. The first kappa shape index (κ1) is 19.0. The molecule has 0 radical (unpaired) electrons. The minimum Gasteiger partial charge on any atom is -0.384 e. The third kappa shape index (κ3) is 6.33. The molecule has 23 heavy (non-hydrogen) atoms. The zero-order chi connectivity index (χ0) is 17.2. The zero-order valence-electron chi connectivity index (χ0n) is 13.5. The number of rotatable bonds is 10. The molecule has 0 aromatic carbocycles. The summed E-state index contributed by atoms with van der Waals surface area (Å²) in [7, 11) is 3.13. The molecule has 1 aliphatic heterocycles. The summed E-state index contributed by atoms with van der Waals surface area (Å²) in [6.07, 6.45) is 0.451. The van der Waals surface area contributed by atoms with Crippen LogP contribution in [0.3, 0.4) is 0 Å². The second kappa shape index (κ2) is 9.90. The first-order valence-corrected chi connectivity index (χ1v) is 7.53. The van der Waals surface area contributed by atoms with E-state index in [9.17, 15) is 19.2 Å². The van der Waals surface area contributed by atoms with Gasteiger partial charge in [-0.2, -0.15) is 0 Å². The molecule has 1 fully saturated rings. The van der Waals surface area contributed by atoms with Gasteiger partial charge in [-0.15, -0.1) is 0 Å². The van der Waals surface area contributed by atoms with E-state index in [-0.39, 0.29) is 49.4 Å². The van der Waals surface area contributed by atoms with Crippen LogP contribution in [0, 0.1) is 0 Å². The highest BCUT2D eigenvalue weighted by Gasteiger charge is 2.37. The molecule has 1 atom stereocenters. The van der Waals surface area contributed by atoms with E-state index in [1.165, 1.54) is 7.11 Å². The number of amides is 4. The molecule has 0 spiro atoms. The molecular weight excluding hydrogens is 304 g/mol. The van der Waals surface area contributed by atoms with E-state index >= 15 is 0 Å². The number of likely N-dealkylation sites (tertiary alicyclic amines) is 1. The molecule has 1 saturated heterocycles. The molecule has 0 aromatic rings. The highest BCUT2D eigenvalue weighted by Crippen LogP contribution is 2.12. The van der Waals surface area contributed by atoms with E-state index in [4.69, 9.17) is 4.74 Å². The van der Waals surface area contributed by atoms with Crippen molar-refractivity contribution in [1.82, 2.24) is 20.9 Å². The van der Waals surface area contributed by atoms with E-state index in [0.717, 1.165) is 4.90 Å². The summed E-state index contributed by atoms with van der Waals surface area (Å²) in [5.74, 6) is -0.986. The van der Waals surface area contributed by atoms with Crippen LogP contribution in [-0.4, -0.2) is 75.0 Å². The summed E-state index contributed by atoms with van der Waals surface area (Å²) < 4.78 is 4.78. The summed E-state index contributed by atoms with van der Waals surface area (Å²) >= 11 is 0. The Morgan fingerprint density at radius 2 is 1.78 bits per heavy atom. The van der Waals surface area contributed by atoms with Gasteiger partial charge in [-0.05, 0) is 7.05 Å². The minimum absolute atomic E-state index is 0.0472. The molecule has 1 unspecified atom stereocenters. The molecule has 4 amide bonds. The lowest BCUT2D eigenvalue weighted by Gasteiger charge is -2.14. The van der Waals surface area contributed by atoms with E-state index in [1.807, 2.05) is 0 Å². The number of carbonyl (C=O) groups is 4. The maximum Gasteiger partial charge on any atom is 0.246 e. The van der Waals surface area contributed by atoms with Gasteiger partial charge in [-0.3, -0.25) is 24.1 Å². The SMILES string of the molecule is CNC1CC(=O)N(CCC(=O)NCCNC(=O)CCOC)C1=O. The number of methoxy groups -OCH3 is 1. The maximum absolute atomic E-state index is 11.8. The lowest BCUT2D eigenvalue weighted by Crippen LogP contribution is -2.40. The lowest BCUT2D eigenvalue weighted by atomic mass is 10.2. The number of imide groups is 1. The van der Waals surface area contributed by atoms with E-state index in [0.29, 0.717) is 19.7 Å². The summed E-state index contributed by atoms with van der Waals surface area (Å²) in [5.41, 5.74) is 0. The summed E-state index contributed by atoms with van der Waals surface area (Å²) in [6.45, 7) is 1.03. The van der Waals surface area contributed by atoms with Crippen LogP contribution in [-0.2, 0) is 23.9 Å². The average Bonchev–Trinajstić information content (AvgIpc) is 2.81. The van der Waals surface area contributed by atoms with Crippen LogP contribution >= 0.6 is 0 Å². The van der Waals surface area contributed by atoms with Gasteiger partial charge in [-0.1, -0.05) is 0 Å². The smallest absolute Gasteiger partial charge is 0.246 e. The molecule has 9 nitrogen and oxygen atoms in total. The van der Waals surface area contributed by atoms with Crippen molar-refractivity contribution in [3.05, 3.63) is 0 Å². The molecule has 1 heterocycles. The number of ether oxygens (including phenoxy) is 1. The molecule has 1 aliphatic rings. The van der Waals surface area contributed by atoms with Crippen LogP contribution in [0.25, 0.3) is 0 Å². The number of hydrogen-bond acceptors (Lipinski definition) is 6. The molecule has 0 saturated carbocycles. The maximum atomic E-state index is 11.8. The monoisotopic (exact) mass is 328 g/mol. The second-order valence-electron chi connectivity index (χ2n) is 5.12. The number of likely N-dealkylation sites (N-methyl/N-ethyl adjacent to an activating group) is 1. The van der Waals surface area contributed by atoms with Crippen LogP contribution in [0.5, 0.6) is 0 Å². The zero-order valence-corrected chi connectivity index (χ0v) is 13.5. The van der Waals surface area contributed by atoms with Crippen molar-refractivity contribution in [3.63, 3.8) is 0 Å². The first-order valence-electron chi connectivity index (χ1n) is 7.53. The number of carbonyl (C=O) groups excluding carboxylic acids is 4. The normalized spacial score (nSPS) is 17.5. The van der Waals surface area contributed by atoms with Crippen LogP contribution in [0.2, 0.25) is 0 Å². The van der Waals surface area contributed by atoms with Crippen LogP contribution in [0.4, 0.5) is 0 Å². The molecule has 130 valence electrons. The van der Waals surface area contributed by atoms with Gasteiger partial charge >= 0.3 is 0 Å². The van der Waals surface area contributed by atoms with Gasteiger partial charge in [0, 0.05) is 39.6 Å². The van der Waals surface area contributed by atoms with Crippen molar-refractivity contribution in [3.8, 4) is 0 Å². The fourth-order valence-corrected chi connectivity index (χ4v) is 2.13. The van der Waals surface area contributed by atoms with Gasteiger partial charge in [0.25, 0.3) is 0 Å². The fraction of sp³-hybridized carbons (Fsp3) is 0.714. The minimum atomic E-state index is -0.493. The van der Waals surface area contributed by atoms with Gasteiger partial charge in [0.1, 0.15) is 0 Å². The van der Waals surface area contributed by atoms with Crippen LogP contribution < -0.4 is 16.0 Å². The summed E-state index contributed by atoms with van der Waals surface area (Å²) in [5, 5.41) is 8.03. The number of nitrogens with one attached hydrogen (secondary N) is 3. The van der Waals surface area contributed by atoms with Crippen molar-refractivity contribution < 1.29 is 23.9 Å². The topological polar surface area (TPSA) is 117 Å². The van der Waals surface area contributed by atoms with E-state index in [2.05, 4.69) is 16.0 Å². The van der Waals surface area contributed by atoms with Gasteiger partial charge in [0.15, 0.2) is 0 Å². The lowest BCUT2D eigenvalue weighted by molar-refractivity contribution is -0.139. The van der Waals surface area contributed by atoms with Gasteiger partial charge in [-0.25, -0.2) is 0 Å². The van der Waals surface area contributed by atoms with Crippen molar-refractivity contribution in [2.45, 2.75) is 25.3 Å². The summed E-state index contributed by atoms with van der Waals surface area (Å²) in [6, 6.07) is -0.493. The predicted molar refractivity (Wildman–Crippen MR) is 81.3 cm³/mol. The molecule has 9 heteroatoms. The highest BCUT2D eigenvalue weighted by molar-refractivity contribution is 6.05. The number of hydrogen-bond donors (Lipinski definition) is 3. The van der Waals surface area contributed by atoms with E-state index in [1.54, 1.807) is 7.05 Å². The first-order chi connectivity index (χ1) is 11.0. The molecule has 0 aliphatic carbocycles. The Kier molecular flexibility index (Phi) is 8.20. The molecule has 1 rings (SSSR count). The molecule has 0 aromatic heterocycles. The van der Waals surface area contributed by atoms with Crippen molar-refractivity contribution in [2.24, 2.45) is 0 Å². The Hall–Kier alpha value is -2.00. The third-order valence-corrected chi connectivity index (χ3v) is 3.46. The predicted octanol–water partition coefficient (Wildman–Crippen LogP) is -2.01. The van der Waals surface area contributed by atoms with Crippen LogP contribution in [0.15, 0.2) is 0 Å². The van der Waals surface area contributed by atoms with E-state index < -0.39 is 6.04 Å². The molecular formula is C14H24N4O5. The Morgan fingerprint density at radius 3 is 2.30 bits per heavy atom. The Balaban J connectivity index is 2.16. The second-order valence-corrected chi connectivity index (χ2v) is 5.12.